The Hall–Kier alpha value is -2.34. The molecule has 26 heavy (non-hydrogen) atoms. The van der Waals surface area contributed by atoms with Gasteiger partial charge < -0.3 is 10.1 Å². The van der Waals surface area contributed by atoms with E-state index in [9.17, 15) is 13.2 Å². The molecular weight excluding hydrogens is 350 g/mol. The van der Waals surface area contributed by atoms with Gasteiger partial charge in [-0.25, -0.2) is 8.42 Å². The summed E-state index contributed by atoms with van der Waals surface area (Å²) < 4.78 is 28.7. The molecule has 1 saturated heterocycles. The van der Waals surface area contributed by atoms with Crippen LogP contribution >= 0.6 is 0 Å². The summed E-state index contributed by atoms with van der Waals surface area (Å²) >= 11 is 0. The Morgan fingerprint density at radius 1 is 1.08 bits per heavy atom. The van der Waals surface area contributed by atoms with E-state index >= 15 is 0 Å². The number of amides is 1. The van der Waals surface area contributed by atoms with E-state index in [0.29, 0.717) is 19.6 Å². The van der Waals surface area contributed by atoms with Crippen LogP contribution in [-0.4, -0.2) is 39.0 Å². The highest BCUT2D eigenvalue weighted by molar-refractivity contribution is 7.91. The fourth-order valence-corrected chi connectivity index (χ4v) is 5.03. The third kappa shape index (κ3) is 5.08. The minimum atomic E-state index is -2.94. The van der Waals surface area contributed by atoms with Gasteiger partial charge in [-0.05, 0) is 24.0 Å². The Morgan fingerprint density at radius 2 is 1.81 bits per heavy atom. The first-order valence-corrected chi connectivity index (χ1v) is 10.6. The standard InChI is InChI=1S/C20H23NO4S/c22-20(14-16-10-13-26(23,24)15-16)21-11-12-25-19-9-5-4-8-18(19)17-6-2-1-3-7-17/h1-9,16H,10-15H2,(H,21,22)/t16-/m0/s1. The Balaban J connectivity index is 1.46. The summed E-state index contributed by atoms with van der Waals surface area (Å²) in [5.41, 5.74) is 2.09. The highest BCUT2D eigenvalue weighted by Gasteiger charge is 2.29. The summed E-state index contributed by atoms with van der Waals surface area (Å²) in [6.45, 7) is 0.750. The molecule has 1 amide bonds. The normalized spacial score (nSPS) is 18.4. The van der Waals surface area contributed by atoms with E-state index in [2.05, 4.69) is 5.32 Å². The molecular formula is C20H23NO4S. The lowest BCUT2D eigenvalue weighted by Crippen LogP contribution is -2.29. The molecule has 1 fully saturated rings. The third-order valence-corrected chi connectivity index (χ3v) is 6.29. The lowest BCUT2D eigenvalue weighted by Gasteiger charge is -2.13. The molecule has 0 bridgehead atoms. The first kappa shape index (κ1) is 18.5. The van der Waals surface area contributed by atoms with Gasteiger partial charge in [0.05, 0.1) is 18.1 Å². The van der Waals surface area contributed by atoms with Crippen molar-refractivity contribution in [2.45, 2.75) is 12.8 Å². The van der Waals surface area contributed by atoms with Gasteiger partial charge in [-0.15, -0.1) is 0 Å². The minimum absolute atomic E-state index is 0.0558. The number of benzene rings is 2. The second kappa shape index (κ2) is 8.36. The lowest BCUT2D eigenvalue weighted by molar-refractivity contribution is -0.121. The van der Waals surface area contributed by atoms with Crippen LogP contribution in [0.3, 0.4) is 0 Å². The van der Waals surface area contributed by atoms with Gasteiger partial charge in [0.15, 0.2) is 9.84 Å². The number of ether oxygens (including phenoxy) is 1. The Labute approximate surface area is 154 Å². The molecule has 0 aromatic heterocycles. The molecule has 5 nitrogen and oxygen atoms in total. The van der Waals surface area contributed by atoms with Crippen molar-refractivity contribution in [2.75, 3.05) is 24.7 Å². The van der Waals surface area contributed by atoms with Crippen LogP contribution in [0.5, 0.6) is 5.75 Å². The van der Waals surface area contributed by atoms with Crippen LogP contribution in [0.4, 0.5) is 0 Å². The molecule has 138 valence electrons. The largest absolute Gasteiger partial charge is 0.491 e. The van der Waals surface area contributed by atoms with Crippen molar-refractivity contribution in [3.63, 3.8) is 0 Å². The molecule has 1 aliphatic heterocycles. The van der Waals surface area contributed by atoms with Crippen LogP contribution in [0.1, 0.15) is 12.8 Å². The molecule has 2 aromatic carbocycles. The zero-order valence-electron chi connectivity index (χ0n) is 14.6. The van der Waals surface area contributed by atoms with E-state index in [0.717, 1.165) is 16.9 Å². The van der Waals surface area contributed by atoms with E-state index < -0.39 is 9.84 Å². The lowest BCUT2D eigenvalue weighted by atomic mass is 10.0. The number of sulfone groups is 1. The number of hydrogen-bond acceptors (Lipinski definition) is 4. The van der Waals surface area contributed by atoms with E-state index in [-0.39, 0.29) is 29.8 Å². The number of rotatable bonds is 7. The van der Waals surface area contributed by atoms with Crippen molar-refractivity contribution in [3.05, 3.63) is 54.6 Å². The summed E-state index contributed by atoms with van der Waals surface area (Å²) in [6.07, 6.45) is 0.844. The van der Waals surface area contributed by atoms with Crippen molar-refractivity contribution in [1.29, 1.82) is 0 Å². The topological polar surface area (TPSA) is 72.5 Å². The van der Waals surface area contributed by atoms with Gasteiger partial charge in [-0.2, -0.15) is 0 Å². The van der Waals surface area contributed by atoms with E-state index in [1.165, 1.54) is 0 Å². The molecule has 0 unspecified atom stereocenters. The molecule has 1 aliphatic rings. The second-order valence-electron chi connectivity index (χ2n) is 6.53. The monoisotopic (exact) mass is 373 g/mol. The molecule has 1 heterocycles. The fraction of sp³-hybridized carbons (Fsp3) is 0.350. The second-order valence-corrected chi connectivity index (χ2v) is 8.76. The molecule has 6 heteroatoms. The number of carbonyl (C=O) groups excluding carboxylic acids is 1. The molecule has 3 rings (SSSR count). The quantitative estimate of drug-likeness (QED) is 0.758. The molecule has 1 N–H and O–H groups in total. The predicted octanol–water partition coefficient (Wildman–Crippen LogP) is 2.67. The summed E-state index contributed by atoms with van der Waals surface area (Å²) in [5, 5.41) is 2.81. The van der Waals surface area contributed by atoms with Crippen molar-refractivity contribution in [2.24, 2.45) is 5.92 Å². The van der Waals surface area contributed by atoms with Gasteiger partial charge in [0.2, 0.25) is 5.91 Å². The highest BCUT2D eigenvalue weighted by Crippen LogP contribution is 2.29. The number of para-hydroxylation sites is 1. The van der Waals surface area contributed by atoms with Gasteiger partial charge in [0.25, 0.3) is 0 Å². The zero-order chi connectivity index (χ0) is 18.4. The van der Waals surface area contributed by atoms with Gasteiger partial charge in [-0.1, -0.05) is 48.5 Å². The number of nitrogens with one attached hydrogen (secondary N) is 1. The highest BCUT2D eigenvalue weighted by atomic mass is 32.2. The smallest absolute Gasteiger partial charge is 0.220 e. The van der Waals surface area contributed by atoms with Crippen LogP contribution in [0, 0.1) is 5.92 Å². The van der Waals surface area contributed by atoms with E-state index in [1.807, 2.05) is 54.6 Å². The molecule has 1 atom stereocenters. The average molecular weight is 373 g/mol. The number of carbonyl (C=O) groups is 1. The van der Waals surface area contributed by atoms with Crippen molar-refractivity contribution in [1.82, 2.24) is 5.32 Å². The van der Waals surface area contributed by atoms with Gasteiger partial charge >= 0.3 is 0 Å². The van der Waals surface area contributed by atoms with E-state index in [1.54, 1.807) is 0 Å². The third-order valence-electron chi connectivity index (χ3n) is 4.45. The van der Waals surface area contributed by atoms with E-state index in [4.69, 9.17) is 4.74 Å². The first-order valence-electron chi connectivity index (χ1n) is 8.78. The van der Waals surface area contributed by atoms with Gasteiger partial charge in [0, 0.05) is 12.0 Å². The van der Waals surface area contributed by atoms with Gasteiger partial charge in [0.1, 0.15) is 12.4 Å². The Morgan fingerprint density at radius 3 is 2.54 bits per heavy atom. The average Bonchev–Trinajstić information content (AvgIpc) is 2.98. The zero-order valence-corrected chi connectivity index (χ0v) is 15.4. The van der Waals surface area contributed by atoms with Crippen LogP contribution < -0.4 is 10.1 Å². The summed E-state index contributed by atoms with van der Waals surface area (Å²) in [7, 11) is -2.94. The van der Waals surface area contributed by atoms with Crippen LogP contribution in [-0.2, 0) is 14.6 Å². The fourth-order valence-electron chi connectivity index (χ4n) is 3.17. The predicted molar refractivity (Wildman–Crippen MR) is 102 cm³/mol. The maximum Gasteiger partial charge on any atom is 0.220 e. The Kier molecular flexibility index (Phi) is 5.93. The SMILES string of the molecule is O=C(C[C@@H]1CCS(=O)(=O)C1)NCCOc1ccccc1-c1ccccc1. The van der Waals surface area contributed by atoms with Crippen LogP contribution in [0.25, 0.3) is 11.1 Å². The molecule has 0 radical (unpaired) electrons. The number of hydrogen-bond donors (Lipinski definition) is 1. The maximum absolute atomic E-state index is 11.9. The van der Waals surface area contributed by atoms with Crippen LogP contribution in [0.15, 0.2) is 54.6 Å². The van der Waals surface area contributed by atoms with Crippen molar-refractivity contribution in [3.8, 4) is 16.9 Å². The summed E-state index contributed by atoms with van der Waals surface area (Å²) in [6, 6.07) is 17.8. The van der Waals surface area contributed by atoms with Crippen molar-refractivity contribution >= 4 is 15.7 Å². The van der Waals surface area contributed by atoms with Gasteiger partial charge in [-0.3, -0.25) is 4.79 Å². The summed E-state index contributed by atoms with van der Waals surface area (Å²) in [4.78, 5) is 11.9. The Bertz CT molecular complexity index is 849. The molecule has 2 aromatic rings. The first-order chi connectivity index (χ1) is 12.5. The minimum Gasteiger partial charge on any atom is -0.491 e. The van der Waals surface area contributed by atoms with Crippen LogP contribution in [0.2, 0.25) is 0 Å². The maximum atomic E-state index is 11.9. The van der Waals surface area contributed by atoms with Crippen molar-refractivity contribution < 1.29 is 17.9 Å². The molecule has 0 spiro atoms. The molecule has 0 saturated carbocycles. The molecule has 0 aliphatic carbocycles. The summed E-state index contributed by atoms with van der Waals surface area (Å²) in [5.74, 6) is 0.924.